The van der Waals surface area contributed by atoms with E-state index in [4.69, 9.17) is 5.11 Å². The summed E-state index contributed by atoms with van der Waals surface area (Å²) in [5.74, 6) is -1.12. The first kappa shape index (κ1) is 16.7. The summed E-state index contributed by atoms with van der Waals surface area (Å²) in [6.45, 7) is 5.98. The minimum atomic E-state index is -0.932. The highest BCUT2D eigenvalue weighted by Crippen LogP contribution is 2.43. The van der Waals surface area contributed by atoms with E-state index in [1.807, 2.05) is 37.3 Å². The molecular weight excluding hydrogens is 318 g/mol. The summed E-state index contributed by atoms with van der Waals surface area (Å²) in [4.78, 5) is 25.4. The number of amides is 1. The van der Waals surface area contributed by atoms with Crippen molar-refractivity contribution in [3.8, 4) is 0 Å². The normalized spacial score (nSPS) is 20.2. The SMILES string of the molecule is C=C(C)/C(=C1/SC(S)N(CCC(=O)O)C1=O)c1ccccc1. The second-order valence-electron chi connectivity index (χ2n) is 4.94. The lowest BCUT2D eigenvalue weighted by Crippen LogP contribution is -2.31. The summed E-state index contributed by atoms with van der Waals surface area (Å²) in [6.07, 6.45) is -0.0929. The van der Waals surface area contributed by atoms with Gasteiger partial charge in [0.1, 0.15) is 4.71 Å². The summed E-state index contributed by atoms with van der Waals surface area (Å²) in [6, 6.07) is 9.58. The summed E-state index contributed by atoms with van der Waals surface area (Å²) in [5.41, 5.74) is 2.52. The van der Waals surface area contributed by atoms with E-state index < -0.39 is 5.97 Å². The predicted molar refractivity (Wildman–Crippen MR) is 92.5 cm³/mol. The number of nitrogens with zero attached hydrogens (tertiary/aromatic N) is 1. The highest BCUT2D eigenvalue weighted by molar-refractivity contribution is 8.14. The lowest BCUT2D eigenvalue weighted by Gasteiger charge is -2.17. The number of allylic oxidation sites excluding steroid dienone is 2. The number of hydrogen-bond donors (Lipinski definition) is 2. The number of benzene rings is 1. The molecule has 1 atom stereocenters. The van der Waals surface area contributed by atoms with Crippen LogP contribution in [0, 0.1) is 0 Å². The van der Waals surface area contributed by atoms with Crippen LogP contribution in [0.5, 0.6) is 0 Å². The molecule has 4 nitrogen and oxygen atoms in total. The highest BCUT2D eigenvalue weighted by Gasteiger charge is 2.36. The summed E-state index contributed by atoms with van der Waals surface area (Å²) < 4.78 is -0.375. The standard InChI is InChI=1S/C16H17NO3S2/c1-10(2)13(11-6-4-3-5-7-11)14-15(20)17(16(21)22-14)9-8-12(18)19/h3-7,16,21H,1,8-9H2,2H3,(H,18,19)/b14-13-. The van der Waals surface area contributed by atoms with Crippen LogP contribution in [0.4, 0.5) is 0 Å². The van der Waals surface area contributed by atoms with Crippen molar-refractivity contribution in [2.75, 3.05) is 6.54 Å². The van der Waals surface area contributed by atoms with Crippen LogP contribution in [-0.2, 0) is 9.59 Å². The number of thioether (sulfide) groups is 1. The molecule has 1 aromatic rings. The van der Waals surface area contributed by atoms with Crippen LogP contribution < -0.4 is 0 Å². The fourth-order valence-electron chi connectivity index (χ4n) is 2.22. The van der Waals surface area contributed by atoms with Crippen molar-refractivity contribution in [2.45, 2.75) is 18.1 Å². The monoisotopic (exact) mass is 335 g/mol. The number of carbonyl (C=O) groups excluding carboxylic acids is 1. The van der Waals surface area contributed by atoms with Gasteiger partial charge in [0.25, 0.3) is 5.91 Å². The van der Waals surface area contributed by atoms with E-state index in [0.29, 0.717) is 4.91 Å². The average molecular weight is 335 g/mol. The van der Waals surface area contributed by atoms with Gasteiger partial charge in [-0.05, 0) is 18.1 Å². The van der Waals surface area contributed by atoms with Crippen molar-refractivity contribution in [1.82, 2.24) is 4.90 Å². The summed E-state index contributed by atoms with van der Waals surface area (Å²) in [5, 5.41) is 8.79. The van der Waals surface area contributed by atoms with Crippen molar-refractivity contribution in [3.05, 3.63) is 53.0 Å². The number of carbonyl (C=O) groups is 2. The maximum Gasteiger partial charge on any atom is 0.305 e. The van der Waals surface area contributed by atoms with Gasteiger partial charge in [0.15, 0.2) is 0 Å². The van der Waals surface area contributed by atoms with E-state index in [1.54, 1.807) is 0 Å². The third-order valence-electron chi connectivity index (χ3n) is 3.23. The van der Waals surface area contributed by atoms with Crippen LogP contribution in [0.15, 0.2) is 47.4 Å². The van der Waals surface area contributed by atoms with E-state index in [2.05, 4.69) is 19.2 Å². The van der Waals surface area contributed by atoms with E-state index in [-0.39, 0.29) is 23.6 Å². The Morgan fingerprint density at radius 3 is 2.59 bits per heavy atom. The van der Waals surface area contributed by atoms with Gasteiger partial charge in [0.2, 0.25) is 0 Å². The van der Waals surface area contributed by atoms with Crippen LogP contribution in [0.1, 0.15) is 18.9 Å². The number of rotatable bonds is 5. The zero-order chi connectivity index (χ0) is 16.3. The van der Waals surface area contributed by atoms with Gasteiger partial charge in [-0.1, -0.05) is 48.7 Å². The second kappa shape index (κ2) is 7.07. The molecule has 1 aliphatic heterocycles. The Hall–Kier alpha value is -1.66. The van der Waals surface area contributed by atoms with Gasteiger partial charge in [-0.25, -0.2) is 0 Å². The van der Waals surface area contributed by atoms with Crippen molar-refractivity contribution >= 4 is 41.8 Å². The number of aliphatic carboxylic acids is 1. The zero-order valence-corrected chi connectivity index (χ0v) is 13.9. The molecule has 0 radical (unpaired) electrons. The van der Waals surface area contributed by atoms with Crippen LogP contribution in [0.2, 0.25) is 0 Å². The molecule has 1 fully saturated rings. The minimum Gasteiger partial charge on any atom is -0.481 e. The maximum absolute atomic E-state index is 12.6. The molecule has 0 aliphatic carbocycles. The largest absolute Gasteiger partial charge is 0.481 e. The molecule has 1 amide bonds. The topological polar surface area (TPSA) is 57.6 Å². The molecule has 2 rings (SSSR count). The molecular formula is C16H17NO3S2. The second-order valence-corrected chi connectivity index (χ2v) is 6.87. The lowest BCUT2D eigenvalue weighted by atomic mass is 9.99. The number of hydrogen-bond acceptors (Lipinski definition) is 4. The first-order valence-corrected chi connectivity index (χ1v) is 8.14. The summed E-state index contributed by atoms with van der Waals surface area (Å²) >= 11 is 5.73. The minimum absolute atomic E-state index is 0.0929. The zero-order valence-electron chi connectivity index (χ0n) is 12.2. The van der Waals surface area contributed by atoms with E-state index in [9.17, 15) is 9.59 Å². The van der Waals surface area contributed by atoms with Crippen LogP contribution in [0.3, 0.4) is 0 Å². The molecule has 0 aromatic heterocycles. The van der Waals surface area contributed by atoms with Gasteiger partial charge in [-0.3, -0.25) is 9.59 Å². The maximum atomic E-state index is 12.6. The Morgan fingerprint density at radius 2 is 2.05 bits per heavy atom. The van der Waals surface area contributed by atoms with Crippen molar-refractivity contribution < 1.29 is 14.7 Å². The van der Waals surface area contributed by atoms with Crippen molar-refractivity contribution in [1.29, 1.82) is 0 Å². The van der Waals surface area contributed by atoms with Crippen molar-refractivity contribution in [2.24, 2.45) is 0 Å². The van der Waals surface area contributed by atoms with Crippen LogP contribution in [0.25, 0.3) is 5.57 Å². The number of carboxylic acids is 1. The molecule has 1 aromatic carbocycles. The van der Waals surface area contributed by atoms with Crippen molar-refractivity contribution in [3.63, 3.8) is 0 Å². The van der Waals surface area contributed by atoms with Gasteiger partial charge in [0, 0.05) is 12.1 Å². The molecule has 116 valence electrons. The molecule has 1 N–H and O–H groups in total. The van der Waals surface area contributed by atoms with E-state index in [1.165, 1.54) is 16.7 Å². The quantitative estimate of drug-likeness (QED) is 0.641. The Kier molecular flexibility index (Phi) is 5.37. The first-order valence-electron chi connectivity index (χ1n) is 6.75. The fraction of sp³-hybridized carbons (Fsp3) is 0.250. The Morgan fingerprint density at radius 1 is 1.41 bits per heavy atom. The lowest BCUT2D eigenvalue weighted by molar-refractivity contribution is -0.137. The van der Waals surface area contributed by atoms with E-state index >= 15 is 0 Å². The van der Waals surface area contributed by atoms with Gasteiger partial charge in [-0.2, -0.15) is 0 Å². The average Bonchev–Trinajstić information content (AvgIpc) is 2.73. The molecule has 6 heteroatoms. The molecule has 0 saturated carbocycles. The molecule has 0 bridgehead atoms. The van der Waals surface area contributed by atoms with Gasteiger partial charge >= 0.3 is 5.97 Å². The van der Waals surface area contributed by atoms with Crippen LogP contribution in [-0.4, -0.2) is 33.1 Å². The molecule has 1 heterocycles. The van der Waals surface area contributed by atoms with Gasteiger partial charge in [-0.15, -0.1) is 12.6 Å². The Labute approximate surface area is 139 Å². The first-order chi connectivity index (χ1) is 10.4. The Bertz CT molecular complexity index is 640. The highest BCUT2D eigenvalue weighted by atomic mass is 32.2. The van der Waals surface area contributed by atoms with Gasteiger partial charge in [0.05, 0.1) is 11.3 Å². The van der Waals surface area contributed by atoms with Crippen LogP contribution >= 0.6 is 24.4 Å². The number of thiol groups is 1. The van der Waals surface area contributed by atoms with Gasteiger partial charge < -0.3 is 10.0 Å². The number of carboxylic acid groups (broad SMARTS) is 1. The third-order valence-corrected chi connectivity index (χ3v) is 4.90. The summed E-state index contributed by atoms with van der Waals surface area (Å²) in [7, 11) is 0. The smallest absolute Gasteiger partial charge is 0.305 e. The third kappa shape index (κ3) is 3.56. The van der Waals surface area contributed by atoms with E-state index in [0.717, 1.165) is 16.7 Å². The predicted octanol–water partition coefficient (Wildman–Crippen LogP) is 3.24. The molecule has 22 heavy (non-hydrogen) atoms. The molecule has 0 spiro atoms. The molecule has 1 unspecified atom stereocenters. The Balaban J connectivity index is 2.38. The molecule has 1 aliphatic rings. The fourth-order valence-corrected chi connectivity index (χ4v) is 3.92. The molecule has 1 saturated heterocycles.